The van der Waals surface area contributed by atoms with Crippen molar-refractivity contribution in [2.45, 2.75) is 27.7 Å². The number of aromatic nitrogens is 2. The van der Waals surface area contributed by atoms with E-state index in [9.17, 15) is 9.90 Å². The number of nitrogens with zero attached hydrogens (tertiary/aromatic N) is 2. The number of aryl methyl sites for hydroxylation is 4. The van der Waals surface area contributed by atoms with Crippen LogP contribution in [-0.2, 0) is 0 Å². The number of anilines is 2. The van der Waals surface area contributed by atoms with Crippen LogP contribution in [-0.4, -0.2) is 21.1 Å². The van der Waals surface area contributed by atoms with E-state index in [0.717, 1.165) is 44.6 Å². The van der Waals surface area contributed by atoms with E-state index in [-0.39, 0.29) is 6.03 Å². The molecule has 0 aliphatic carbocycles. The largest absolute Gasteiger partial charge is 0.507 e. The predicted octanol–water partition coefficient (Wildman–Crippen LogP) is 5.88. The fourth-order valence-electron chi connectivity index (χ4n) is 3.60. The van der Waals surface area contributed by atoms with Crippen molar-refractivity contribution in [3.05, 3.63) is 77.0 Å². The summed E-state index contributed by atoms with van der Waals surface area (Å²) in [4.78, 5) is 21.4. The highest BCUT2D eigenvalue weighted by Crippen LogP contribution is 2.30. The molecule has 6 heteroatoms. The molecule has 156 valence electrons. The quantitative estimate of drug-likeness (QED) is 0.392. The van der Waals surface area contributed by atoms with Gasteiger partial charge in [0.2, 0.25) is 0 Å². The molecule has 1 aromatic heterocycles. The summed E-state index contributed by atoms with van der Waals surface area (Å²) in [5.74, 6) is 0.677. The summed E-state index contributed by atoms with van der Waals surface area (Å²) in [6.07, 6.45) is 1.54. The molecule has 1 heterocycles. The van der Waals surface area contributed by atoms with E-state index in [1.807, 2.05) is 76.2 Å². The molecule has 0 radical (unpaired) electrons. The van der Waals surface area contributed by atoms with Crippen molar-refractivity contribution in [2.75, 3.05) is 10.6 Å². The number of rotatable bonds is 3. The Bertz CT molecular complexity index is 1290. The van der Waals surface area contributed by atoms with Crippen LogP contribution in [0.4, 0.5) is 16.3 Å². The van der Waals surface area contributed by atoms with Crippen molar-refractivity contribution in [1.29, 1.82) is 0 Å². The van der Waals surface area contributed by atoms with E-state index >= 15 is 0 Å². The van der Waals surface area contributed by atoms with Gasteiger partial charge in [-0.15, -0.1) is 0 Å². The normalized spacial score (nSPS) is 10.8. The third kappa shape index (κ3) is 4.33. The number of amides is 2. The zero-order chi connectivity index (χ0) is 22.1. The highest BCUT2D eigenvalue weighted by Gasteiger charge is 2.10. The second kappa shape index (κ2) is 8.07. The summed E-state index contributed by atoms with van der Waals surface area (Å²) in [6, 6.07) is 15.2. The molecule has 0 spiro atoms. The Hall–Kier alpha value is -3.93. The summed E-state index contributed by atoms with van der Waals surface area (Å²) < 4.78 is 0. The van der Waals surface area contributed by atoms with Gasteiger partial charge >= 0.3 is 6.03 Å². The number of benzene rings is 3. The van der Waals surface area contributed by atoms with Crippen molar-refractivity contribution in [3.8, 4) is 16.9 Å². The van der Waals surface area contributed by atoms with E-state index in [0.29, 0.717) is 17.1 Å². The summed E-state index contributed by atoms with van der Waals surface area (Å²) >= 11 is 0. The van der Waals surface area contributed by atoms with E-state index in [1.54, 1.807) is 6.20 Å². The maximum absolute atomic E-state index is 12.4. The number of nitrogens with one attached hydrogen (secondary N) is 2. The minimum atomic E-state index is -0.374. The van der Waals surface area contributed by atoms with Gasteiger partial charge in [0.1, 0.15) is 5.75 Å². The number of phenols is 1. The number of carbonyl (C=O) groups is 1. The van der Waals surface area contributed by atoms with Crippen LogP contribution in [0.15, 0.2) is 54.7 Å². The first-order valence-electron chi connectivity index (χ1n) is 10.0. The van der Waals surface area contributed by atoms with Crippen molar-refractivity contribution in [3.63, 3.8) is 0 Å². The predicted molar refractivity (Wildman–Crippen MR) is 125 cm³/mol. The molecule has 0 aliphatic heterocycles. The Labute approximate surface area is 181 Å². The second-order valence-electron chi connectivity index (χ2n) is 7.81. The minimum Gasteiger partial charge on any atom is -0.507 e. The average molecular weight is 412 g/mol. The molecular formula is C25H24N4O2. The maximum Gasteiger partial charge on any atom is 0.324 e. The minimum absolute atomic E-state index is 0.311. The van der Waals surface area contributed by atoms with Crippen LogP contribution in [0.25, 0.3) is 22.2 Å². The molecule has 31 heavy (non-hydrogen) atoms. The van der Waals surface area contributed by atoms with Gasteiger partial charge in [0, 0.05) is 5.69 Å². The SMILES string of the molecule is Cc1ccc(NC(=O)Nc2cnc3ccc(-c4cc(C)c(O)c(C)c4)cc3n2)c(C)c1. The fraction of sp³-hybridized carbons (Fsp3) is 0.160. The fourth-order valence-corrected chi connectivity index (χ4v) is 3.60. The number of fused-ring (bicyclic) bond motifs is 1. The van der Waals surface area contributed by atoms with E-state index in [4.69, 9.17) is 0 Å². The van der Waals surface area contributed by atoms with Crippen molar-refractivity contribution >= 4 is 28.6 Å². The summed E-state index contributed by atoms with van der Waals surface area (Å²) in [5.41, 5.74) is 7.87. The number of carbonyl (C=O) groups excluding carboxylic acids is 1. The van der Waals surface area contributed by atoms with Gasteiger partial charge < -0.3 is 10.4 Å². The molecule has 0 saturated carbocycles. The van der Waals surface area contributed by atoms with Crippen LogP contribution >= 0.6 is 0 Å². The molecule has 0 aliphatic rings. The first-order chi connectivity index (χ1) is 14.8. The van der Waals surface area contributed by atoms with Gasteiger partial charge in [0.15, 0.2) is 5.82 Å². The first-order valence-corrected chi connectivity index (χ1v) is 10.0. The van der Waals surface area contributed by atoms with Crippen LogP contribution in [0, 0.1) is 27.7 Å². The molecular weight excluding hydrogens is 388 g/mol. The molecule has 0 saturated heterocycles. The zero-order valence-corrected chi connectivity index (χ0v) is 17.9. The Balaban J connectivity index is 1.59. The molecule has 2 amide bonds. The second-order valence-corrected chi connectivity index (χ2v) is 7.81. The lowest BCUT2D eigenvalue weighted by Gasteiger charge is -2.11. The maximum atomic E-state index is 12.4. The van der Waals surface area contributed by atoms with Gasteiger partial charge in [-0.2, -0.15) is 0 Å². The van der Waals surface area contributed by atoms with E-state index < -0.39 is 0 Å². The van der Waals surface area contributed by atoms with Crippen LogP contribution in [0.1, 0.15) is 22.3 Å². The lowest BCUT2D eigenvalue weighted by molar-refractivity contribution is 0.262. The van der Waals surface area contributed by atoms with Gasteiger partial charge in [0.25, 0.3) is 0 Å². The molecule has 0 unspecified atom stereocenters. The molecule has 4 aromatic rings. The summed E-state index contributed by atoms with van der Waals surface area (Å²) in [5, 5.41) is 15.6. The highest BCUT2D eigenvalue weighted by atomic mass is 16.3. The molecule has 3 aromatic carbocycles. The first kappa shape index (κ1) is 20.3. The van der Waals surface area contributed by atoms with Crippen molar-refractivity contribution < 1.29 is 9.90 Å². The summed E-state index contributed by atoms with van der Waals surface area (Å²) in [6.45, 7) is 7.72. The Kier molecular flexibility index (Phi) is 5.29. The number of phenolic OH excluding ortho intramolecular Hbond substituents is 1. The number of urea groups is 1. The molecule has 4 rings (SSSR count). The van der Waals surface area contributed by atoms with Gasteiger partial charge in [-0.1, -0.05) is 23.8 Å². The van der Waals surface area contributed by atoms with Crippen LogP contribution in [0.2, 0.25) is 0 Å². The van der Waals surface area contributed by atoms with E-state index in [2.05, 4.69) is 20.6 Å². The Morgan fingerprint density at radius 3 is 2.26 bits per heavy atom. The monoisotopic (exact) mass is 412 g/mol. The van der Waals surface area contributed by atoms with Crippen molar-refractivity contribution in [1.82, 2.24) is 9.97 Å². The lowest BCUT2D eigenvalue weighted by Crippen LogP contribution is -2.20. The van der Waals surface area contributed by atoms with E-state index in [1.165, 1.54) is 0 Å². The van der Waals surface area contributed by atoms with Crippen LogP contribution < -0.4 is 10.6 Å². The van der Waals surface area contributed by atoms with Gasteiger partial charge in [-0.3, -0.25) is 10.3 Å². The Morgan fingerprint density at radius 1 is 0.806 bits per heavy atom. The average Bonchev–Trinajstić information content (AvgIpc) is 2.73. The Morgan fingerprint density at radius 2 is 1.55 bits per heavy atom. The molecule has 6 nitrogen and oxygen atoms in total. The van der Waals surface area contributed by atoms with Gasteiger partial charge in [-0.05, 0) is 85.8 Å². The summed E-state index contributed by atoms with van der Waals surface area (Å²) in [7, 11) is 0. The molecule has 0 bridgehead atoms. The third-order valence-corrected chi connectivity index (χ3v) is 5.24. The molecule has 3 N–H and O–H groups in total. The zero-order valence-electron chi connectivity index (χ0n) is 17.9. The van der Waals surface area contributed by atoms with Crippen molar-refractivity contribution in [2.24, 2.45) is 0 Å². The molecule has 0 fully saturated rings. The number of hydrogen-bond acceptors (Lipinski definition) is 4. The third-order valence-electron chi connectivity index (χ3n) is 5.24. The number of hydrogen-bond donors (Lipinski definition) is 3. The number of aromatic hydroxyl groups is 1. The smallest absolute Gasteiger partial charge is 0.324 e. The standard InChI is InChI=1S/C25H24N4O2/c1-14-5-7-20(15(2)9-14)28-25(31)29-23-13-26-21-8-6-18(12-22(21)27-23)19-10-16(3)24(30)17(4)11-19/h5-13,30H,1-4H3,(H2,27,28,29,31). The van der Waals surface area contributed by atoms with Gasteiger partial charge in [0.05, 0.1) is 17.2 Å². The van der Waals surface area contributed by atoms with Crippen LogP contribution in [0.3, 0.4) is 0 Å². The van der Waals surface area contributed by atoms with Gasteiger partial charge in [-0.25, -0.2) is 9.78 Å². The topological polar surface area (TPSA) is 87.1 Å². The highest BCUT2D eigenvalue weighted by molar-refractivity contribution is 6.00. The lowest BCUT2D eigenvalue weighted by atomic mass is 9.99. The molecule has 0 atom stereocenters. The van der Waals surface area contributed by atoms with Crippen LogP contribution in [0.5, 0.6) is 5.75 Å².